The Morgan fingerprint density at radius 2 is 1.90 bits per heavy atom. The van der Waals surface area contributed by atoms with Gasteiger partial charge in [-0.1, -0.05) is 0 Å². The third-order valence-electron chi connectivity index (χ3n) is 2.80. The maximum Gasteiger partial charge on any atom is 0.223 e. The van der Waals surface area contributed by atoms with Gasteiger partial charge in [-0.25, -0.2) is 13.2 Å². The molecule has 0 saturated carbocycles. The van der Waals surface area contributed by atoms with Crippen molar-refractivity contribution in [2.24, 2.45) is 0 Å². The maximum absolute atomic E-state index is 13.1. The molecule has 0 bridgehead atoms. The summed E-state index contributed by atoms with van der Waals surface area (Å²) in [6.07, 6.45) is -0.310. The normalized spacial score (nSPS) is 13.9. The number of benzene rings is 1. The van der Waals surface area contributed by atoms with E-state index in [0.29, 0.717) is 0 Å². The summed E-state index contributed by atoms with van der Waals surface area (Å²) >= 11 is 0. The molecule has 0 radical (unpaired) electrons. The summed E-state index contributed by atoms with van der Waals surface area (Å²) in [6.45, 7) is 1.10. The number of methoxy groups -OCH3 is 1. The van der Waals surface area contributed by atoms with Gasteiger partial charge < -0.3 is 15.2 Å². The van der Waals surface area contributed by atoms with Gasteiger partial charge in [0, 0.05) is 7.11 Å². The summed E-state index contributed by atoms with van der Waals surface area (Å²) in [4.78, 5) is 11.6. The molecule has 0 aromatic heterocycles. The molecule has 0 saturated heterocycles. The molecular formula is C13H16F3NO3. The fourth-order valence-electron chi connectivity index (χ4n) is 1.61. The molecule has 20 heavy (non-hydrogen) atoms. The summed E-state index contributed by atoms with van der Waals surface area (Å²) in [6, 6.07) is 0.453. The number of carbonyl (C=O) groups is 1. The van der Waals surface area contributed by atoms with Gasteiger partial charge in [0.15, 0.2) is 17.5 Å². The Kier molecular flexibility index (Phi) is 5.97. The number of hydrogen-bond acceptors (Lipinski definition) is 3. The second-order valence-electron chi connectivity index (χ2n) is 4.35. The predicted octanol–water partition coefficient (Wildman–Crippen LogP) is 1.68. The molecule has 2 unspecified atom stereocenters. The van der Waals surface area contributed by atoms with E-state index in [2.05, 4.69) is 5.32 Å². The highest BCUT2D eigenvalue weighted by molar-refractivity contribution is 5.76. The molecule has 0 aliphatic heterocycles. The molecule has 1 amide bonds. The highest BCUT2D eigenvalue weighted by Gasteiger charge is 2.19. The topological polar surface area (TPSA) is 58.6 Å². The molecule has 2 N–H and O–H groups in total. The van der Waals surface area contributed by atoms with Gasteiger partial charge >= 0.3 is 0 Å². The summed E-state index contributed by atoms with van der Waals surface area (Å²) in [5, 5.41) is 11.6. The van der Waals surface area contributed by atoms with Crippen molar-refractivity contribution in [1.82, 2.24) is 5.32 Å². The van der Waals surface area contributed by atoms with Gasteiger partial charge in [0.05, 0.1) is 25.2 Å². The van der Waals surface area contributed by atoms with Crippen LogP contribution in [-0.4, -0.2) is 30.8 Å². The molecule has 0 spiro atoms. The van der Waals surface area contributed by atoms with Gasteiger partial charge in [0.2, 0.25) is 5.91 Å². The number of halogens is 3. The number of nitrogens with one attached hydrogen (secondary N) is 1. The highest BCUT2D eigenvalue weighted by atomic mass is 19.2. The van der Waals surface area contributed by atoms with Crippen LogP contribution in [0.25, 0.3) is 0 Å². The van der Waals surface area contributed by atoms with E-state index in [1.54, 1.807) is 6.92 Å². The fourth-order valence-corrected chi connectivity index (χ4v) is 1.61. The molecule has 2 atom stereocenters. The van der Waals surface area contributed by atoms with Gasteiger partial charge in [-0.15, -0.1) is 0 Å². The van der Waals surface area contributed by atoms with Gasteiger partial charge in [-0.2, -0.15) is 0 Å². The molecule has 7 heteroatoms. The van der Waals surface area contributed by atoms with Gasteiger partial charge in [0.25, 0.3) is 0 Å². The van der Waals surface area contributed by atoms with E-state index in [-0.39, 0.29) is 18.1 Å². The van der Waals surface area contributed by atoms with E-state index in [4.69, 9.17) is 4.74 Å². The Bertz CT molecular complexity index is 459. The Morgan fingerprint density at radius 1 is 1.35 bits per heavy atom. The number of carbonyl (C=O) groups excluding carboxylic acids is 1. The number of hydrogen-bond donors (Lipinski definition) is 2. The Labute approximate surface area is 114 Å². The minimum absolute atomic E-state index is 0.0269. The third-order valence-corrected chi connectivity index (χ3v) is 2.80. The van der Waals surface area contributed by atoms with Crippen LogP contribution >= 0.6 is 0 Å². The molecular weight excluding hydrogens is 275 g/mol. The third kappa shape index (κ3) is 4.21. The van der Waals surface area contributed by atoms with Crippen molar-refractivity contribution in [3.8, 4) is 0 Å². The highest BCUT2D eigenvalue weighted by Crippen LogP contribution is 2.19. The van der Waals surface area contributed by atoms with E-state index in [1.165, 1.54) is 7.11 Å². The molecule has 4 nitrogen and oxygen atoms in total. The minimum Gasteiger partial charge on any atom is -0.394 e. The van der Waals surface area contributed by atoms with E-state index >= 15 is 0 Å². The van der Waals surface area contributed by atoms with Crippen molar-refractivity contribution in [1.29, 1.82) is 0 Å². The average Bonchev–Trinajstić information content (AvgIpc) is 2.41. The Balaban J connectivity index is 2.83. The smallest absolute Gasteiger partial charge is 0.223 e. The van der Waals surface area contributed by atoms with E-state index in [9.17, 15) is 23.1 Å². The second-order valence-corrected chi connectivity index (χ2v) is 4.35. The van der Waals surface area contributed by atoms with Crippen LogP contribution in [0.3, 0.4) is 0 Å². The van der Waals surface area contributed by atoms with Crippen molar-refractivity contribution >= 4 is 5.91 Å². The van der Waals surface area contributed by atoms with Crippen molar-refractivity contribution in [2.45, 2.75) is 25.5 Å². The van der Waals surface area contributed by atoms with E-state index in [1.807, 2.05) is 0 Å². The van der Waals surface area contributed by atoms with Gasteiger partial charge in [0.1, 0.15) is 0 Å². The number of aliphatic hydroxyl groups is 1. The quantitative estimate of drug-likeness (QED) is 0.784. The van der Waals surface area contributed by atoms with Crippen LogP contribution in [0.1, 0.15) is 24.9 Å². The molecule has 1 rings (SSSR count). The molecule has 1 aromatic rings. The molecule has 1 aromatic carbocycles. The first-order valence-electron chi connectivity index (χ1n) is 5.96. The zero-order valence-corrected chi connectivity index (χ0v) is 11.1. The first kappa shape index (κ1) is 16.5. The number of ether oxygens (including phenoxy) is 1. The SMILES string of the molecule is COC(C)CC(=O)NC(CO)c1cc(F)c(F)c(F)c1. The maximum atomic E-state index is 13.1. The summed E-state index contributed by atoms with van der Waals surface area (Å²) in [5.74, 6) is -4.80. The van der Waals surface area contributed by atoms with Gasteiger partial charge in [-0.05, 0) is 24.6 Å². The lowest BCUT2D eigenvalue weighted by Gasteiger charge is -2.18. The average molecular weight is 291 g/mol. The molecule has 0 aliphatic rings. The molecule has 0 heterocycles. The standard InChI is InChI=1S/C13H16F3NO3/c1-7(20-2)3-12(19)17-11(6-18)8-4-9(14)13(16)10(15)5-8/h4-5,7,11,18H,3,6H2,1-2H3,(H,17,19). The van der Waals surface area contributed by atoms with Gasteiger partial charge in [-0.3, -0.25) is 4.79 Å². The lowest BCUT2D eigenvalue weighted by Crippen LogP contribution is -2.33. The Hall–Kier alpha value is -1.60. The first-order chi connectivity index (χ1) is 9.38. The Morgan fingerprint density at radius 3 is 2.35 bits per heavy atom. The summed E-state index contributed by atoms with van der Waals surface area (Å²) < 4.78 is 44.0. The fraction of sp³-hybridized carbons (Fsp3) is 0.462. The van der Waals surface area contributed by atoms with Crippen LogP contribution in [0.5, 0.6) is 0 Å². The lowest BCUT2D eigenvalue weighted by molar-refractivity contribution is -0.124. The zero-order chi connectivity index (χ0) is 15.3. The van der Waals surface area contributed by atoms with E-state index in [0.717, 1.165) is 12.1 Å². The zero-order valence-electron chi connectivity index (χ0n) is 11.1. The van der Waals surface area contributed by atoms with Crippen LogP contribution in [0.15, 0.2) is 12.1 Å². The summed E-state index contributed by atoms with van der Waals surface area (Å²) in [7, 11) is 1.44. The molecule has 0 fully saturated rings. The van der Waals surface area contributed by atoms with Crippen LogP contribution in [0, 0.1) is 17.5 Å². The van der Waals surface area contributed by atoms with Crippen molar-refractivity contribution < 1.29 is 27.8 Å². The van der Waals surface area contributed by atoms with Crippen LogP contribution < -0.4 is 5.32 Å². The molecule has 112 valence electrons. The number of amides is 1. The minimum atomic E-state index is -1.59. The largest absolute Gasteiger partial charge is 0.394 e. The van der Waals surface area contributed by atoms with Crippen molar-refractivity contribution in [2.75, 3.05) is 13.7 Å². The first-order valence-corrected chi connectivity index (χ1v) is 5.96. The van der Waals surface area contributed by atoms with Crippen LogP contribution in [-0.2, 0) is 9.53 Å². The number of rotatable bonds is 6. The van der Waals surface area contributed by atoms with Crippen LogP contribution in [0.2, 0.25) is 0 Å². The molecule has 0 aliphatic carbocycles. The van der Waals surface area contributed by atoms with Crippen LogP contribution in [0.4, 0.5) is 13.2 Å². The second kappa shape index (κ2) is 7.25. The lowest BCUT2D eigenvalue weighted by atomic mass is 10.1. The monoisotopic (exact) mass is 291 g/mol. The summed E-state index contributed by atoms with van der Waals surface area (Å²) in [5.41, 5.74) is -0.0534. The van der Waals surface area contributed by atoms with E-state index < -0.39 is 36.0 Å². The van der Waals surface area contributed by atoms with Crippen molar-refractivity contribution in [3.63, 3.8) is 0 Å². The van der Waals surface area contributed by atoms with Crippen molar-refractivity contribution in [3.05, 3.63) is 35.1 Å². The predicted molar refractivity (Wildman–Crippen MR) is 65.4 cm³/mol. The number of aliphatic hydroxyl groups excluding tert-OH is 1.